The van der Waals surface area contributed by atoms with Crippen molar-refractivity contribution >= 4 is 12.4 Å². The number of furan rings is 1. The van der Waals surface area contributed by atoms with E-state index < -0.39 is 0 Å². The molecular formula is C10H14ClN3O. The first-order valence-electron chi connectivity index (χ1n) is 4.56. The van der Waals surface area contributed by atoms with Crippen molar-refractivity contribution in [2.75, 3.05) is 0 Å². The average Bonchev–Trinajstić information content (AvgIpc) is 2.78. The molecule has 5 heteroatoms. The van der Waals surface area contributed by atoms with Crippen molar-refractivity contribution < 1.29 is 4.42 Å². The van der Waals surface area contributed by atoms with Crippen LogP contribution in [-0.4, -0.2) is 9.78 Å². The Morgan fingerprint density at radius 3 is 2.87 bits per heavy atom. The van der Waals surface area contributed by atoms with Crippen molar-refractivity contribution in [1.82, 2.24) is 15.1 Å². The van der Waals surface area contributed by atoms with E-state index in [0.29, 0.717) is 0 Å². The third-order valence-electron chi connectivity index (χ3n) is 2.11. The van der Waals surface area contributed by atoms with E-state index in [1.807, 2.05) is 29.9 Å². The second-order valence-corrected chi connectivity index (χ2v) is 3.13. The molecule has 0 atom stereocenters. The fourth-order valence-electron chi connectivity index (χ4n) is 1.30. The molecule has 0 unspecified atom stereocenters. The number of nitrogens with one attached hydrogen (secondary N) is 1. The standard InChI is InChI=1S/C10H13N3O.ClH/c1-13-9(4-5-12-13)7-11-8-10-3-2-6-14-10;/h2-6,11H,7-8H2,1H3;1H. The first-order valence-corrected chi connectivity index (χ1v) is 4.56. The summed E-state index contributed by atoms with van der Waals surface area (Å²) in [6.45, 7) is 1.55. The molecule has 82 valence electrons. The minimum atomic E-state index is 0. The molecule has 0 bridgehead atoms. The predicted octanol–water partition coefficient (Wildman–Crippen LogP) is 1.72. The normalized spacial score (nSPS) is 9.93. The average molecular weight is 228 g/mol. The number of aromatic nitrogens is 2. The summed E-state index contributed by atoms with van der Waals surface area (Å²) >= 11 is 0. The highest BCUT2D eigenvalue weighted by atomic mass is 35.5. The molecule has 4 nitrogen and oxygen atoms in total. The Kier molecular flexibility index (Phi) is 4.39. The van der Waals surface area contributed by atoms with Gasteiger partial charge in [0.05, 0.1) is 18.5 Å². The highest BCUT2D eigenvalue weighted by molar-refractivity contribution is 5.85. The monoisotopic (exact) mass is 227 g/mol. The topological polar surface area (TPSA) is 43.0 Å². The lowest BCUT2D eigenvalue weighted by atomic mass is 10.4. The predicted molar refractivity (Wildman–Crippen MR) is 59.7 cm³/mol. The first kappa shape index (κ1) is 11.8. The van der Waals surface area contributed by atoms with Crippen LogP contribution in [0.1, 0.15) is 11.5 Å². The third kappa shape index (κ3) is 3.11. The van der Waals surface area contributed by atoms with E-state index in [0.717, 1.165) is 24.5 Å². The molecule has 1 N–H and O–H groups in total. The Morgan fingerprint density at radius 1 is 1.40 bits per heavy atom. The van der Waals surface area contributed by atoms with Gasteiger partial charge in [-0.3, -0.25) is 4.68 Å². The Hall–Kier alpha value is -1.26. The molecule has 0 aliphatic heterocycles. The molecule has 0 spiro atoms. The van der Waals surface area contributed by atoms with Crippen LogP contribution in [0.25, 0.3) is 0 Å². The summed E-state index contributed by atoms with van der Waals surface area (Å²) in [6, 6.07) is 5.84. The molecule has 0 radical (unpaired) electrons. The van der Waals surface area contributed by atoms with Crippen LogP contribution in [0.4, 0.5) is 0 Å². The third-order valence-corrected chi connectivity index (χ3v) is 2.11. The second kappa shape index (κ2) is 5.58. The Balaban J connectivity index is 0.00000112. The van der Waals surface area contributed by atoms with Crippen LogP contribution < -0.4 is 5.32 Å². The lowest BCUT2D eigenvalue weighted by molar-refractivity contribution is 0.479. The minimum absolute atomic E-state index is 0. The maximum atomic E-state index is 5.20. The maximum Gasteiger partial charge on any atom is 0.117 e. The number of nitrogens with zero attached hydrogens (tertiary/aromatic N) is 2. The summed E-state index contributed by atoms with van der Waals surface area (Å²) in [4.78, 5) is 0. The van der Waals surface area contributed by atoms with Crippen LogP contribution in [0.15, 0.2) is 35.1 Å². The van der Waals surface area contributed by atoms with Crippen LogP contribution >= 0.6 is 12.4 Å². The molecule has 0 saturated heterocycles. The summed E-state index contributed by atoms with van der Waals surface area (Å²) in [6.07, 6.45) is 3.48. The van der Waals surface area contributed by atoms with Gasteiger partial charge in [-0.25, -0.2) is 0 Å². The SMILES string of the molecule is Cl.Cn1nccc1CNCc1ccco1. The van der Waals surface area contributed by atoms with Gasteiger partial charge in [0.25, 0.3) is 0 Å². The Morgan fingerprint density at radius 2 is 2.27 bits per heavy atom. The molecule has 0 amide bonds. The van der Waals surface area contributed by atoms with Crippen molar-refractivity contribution in [3.8, 4) is 0 Å². The number of rotatable bonds is 4. The highest BCUT2D eigenvalue weighted by Crippen LogP contribution is 2.00. The van der Waals surface area contributed by atoms with Gasteiger partial charge in [0.2, 0.25) is 0 Å². The van der Waals surface area contributed by atoms with Crippen LogP contribution in [-0.2, 0) is 20.1 Å². The quantitative estimate of drug-likeness (QED) is 0.865. The van der Waals surface area contributed by atoms with Gasteiger partial charge in [0.15, 0.2) is 0 Å². The zero-order chi connectivity index (χ0) is 9.80. The van der Waals surface area contributed by atoms with E-state index in [2.05, 4.69) is 10.4 Å². The van der Waals surface area contributed by atoms with Crippen molar-refractivity contribution in [3.05, 3.63) is 42.1 Å². The second-order valence-electron chi connectivity index (χ2n) is 3.13. The fourth-order valence-corrected chi connectivity index (χ4v) is 1.30. The van der Waals surface area contributed by atoms with Gasteiger partial charge >= 0.3 is 0 Å². The molecule has 0 aromatic carbocycles. The molecule has 0 aliphatic rings. The van der Waals surface area contributed by atoms with Gasteiger partial charge < -0.3 is 9.73 Å². The maximum absolute atomic E-state index is 5.20. The molecule has 2 aromatic heterocycles. The van der Waals surface area contributed by atoms with Gasteiger partial charge in [0.1, 0.15) is 5.76 Å². The smallest absolute Gasteiger partial charge is 0.117 e. The van der Waals surface area contributed by atoms with E-state index in [9.17, 15) is 0 Å². The van der Waals surface area contributed by atoms with Crippen molar-refractivity contribution in [1.29, 1.82) is 0 Å². The van der Waals surface area contributed by atoms with Crippen LogP contribution in [0.2, 0.25) is 0 Å². The van der Waals surface area contributed by atoms with Crippen molar-refractivity contribution in [2.45, 2.75) is 13.1 Å². The summed E-state index contributed by atoms with van der Waals surface area (Å²) in [5.41, 5.74) is 1.16. The van der Waals surface area contributed by atoms with E-state index in [1.54, 1.807) is 12.5 Å². The van der Waals surface area contributed by atoms with E-state index in [1.165, 1.54) is 0 Å². The number of hydrogen-bond acceptors (Lipinski definition) is 3. The summed E-state index contributed by atoms with van der Waals surface area (Å²) in [5, 5.41) is 7.36. The molecule has 0 aliphatic carbocycles. The number of halogens is 1. The fraction of sp³-hybridized carbons (Fsp3) is 0.300. The first-order chi connectivity index (χ1) is 6.86. The minimum Gasteiger partial charge on any atom is -0.468 e. The Labute approximate surface area is 94.7 Å². The van der Waals surface area contributed by atoms with Gasteiger partial charge in [-0.2, -0.15) is 5.10 Å². The largest absolute Gasteiger partial charge is 0.468 e. The molecule has 2 heterocycles. The lowest BCUT2D eigenvalue weighted by Crippen LogP contribution is -2.14. The van der Waals surface area contributed by atoms with Gasteiger partial charge in [0, 0.05) is 19.8 Å². The molecule has 2 rings (SSSR count). The van der Waals surface area contributed by atoms with Gasteiger partial charge in [-0.05, 0) is 18.2 Å². The zero-order valence-corrected chi connectivity index (χ0v) is 9.33. The number of hydrogen-bond donors (Lipinski definition) is 1. The van der Waals surface area contributed by atoms with Crippen LogP contribution in [0, 0.1) is 0 Å². The van der Waals surface area contributed by atoms with Crippen LogP contribution in [0.5, 0.6) is 0 Å². The van der Waals surface area contributed by atoms with Crippen molar-refractivity contribution in [3.63, 3.8) is 0 Å². The van der Waals surface area contributed by atoms with Gasteiger partial charge in [-0.1, -0.05) is 0 Å². The summed E-state index contributed by atoms with van der Waals surface area (Å²) in [5.74, 6) is 0.951. The van der Waals surface area contributed by atoms with Gasteiger partial charge in [-0.15, -0.1) is 12.4 Å². The van der Waals surface area contributed by atoms with Crippen molar-refractivity contribution in [2.24, 2.45) is 7.05 Å². The summed E-state index contributed by atoms with van der Waals surface area (Å²) in [7, 11) is 1.93. The molecule has 0 fully saturated rings. The lowest BCUT2D eigenvalue weighted by Gasteiger charge is -2.02. The van der Waals surface area contributed by atoms with Crippen LogP contribution in [0.3, 0.4) is 0 Å². The van der Waals surface area contributed by atoms with E-state index >= 15 is 0 Å². The molecular weight excluding hydrogens is 214 g/mol. The summed E-state index contributed by atoms with van der Waals surface area (Å²) < 4.78 is 7.05. The molecule has 0 saturated carbocycles. The number of aryl methyl sites for hydroxylation is 1. The zero-order valence-electron chi connectivity index (χ0n) is 8.51. The molecule has 2 aromatic rings. The molecule has 15 heavy (non-hydrogen) atoms. The van der Waals surface area contributed by atoms with E-state index in [4.69, 9.17) is 4.42 Å². The Bertz CT molecular complexity index is 383. The highest BCUT2D eigenvalue weighted by Gasteiger charge is 1.98. The van der Waals surface area contributed by atoms with E-state index in [-0.39, 0.29) is 12.4 Å².